The van der Waals surface area contributed by atoms with Gasteiger partial charge >= 0.3 is 0 Å². The second-order valence-electron chi connectivity index (χ2n) is 10.6. The number of hydrogen-bond donors (Lipinski definition) is 1. The van der Waals surface area contributed by atoms with Gasteiger partial charge in [0.2, 0.25) is 21.8 Å². The van der Waals surface area contributed by atoms with E-state index in [0.717, 1.165) is 42.4 Å². The monoisotopic (exact) mass is 575 g/mol. The number of carbonyl (C=O) groups excluding carboxylic acids is 2. The van der Waals surface area contributed by atoms with E-state index < -0.39 is 16.1 Å². The maximum absolute atomic E-state index is 13.7. The highest BCUT2D eigenvalue weighted by Gasteiger charge is 2.30. The average Bonchev–Trinajstić information content (AvgIpc) is 2.89. The summed E-state index contributed by atoms with van der Waals surface area (Å²) in [7, 11) is -3.55. The van der Waals surface area contributed by atoms with E-state index in [4.69, 9.17) is 11.6 Å². The number of carbonyl (C=O) groups is 2. The molecular weight excluding hydrogens is 534 g/mol. The lowest BCUT2D eigenvalue weighted by molar-refractivity contribution is -0.141. The number of halogens is 1. The zero-order valence-corrected chi connectivity index (χ0v) is 25.2. The Hall–Kier alpha value is -2.58. The highest BCUT2D eigenvalue weighted by molar-refractivity contribution is 7.92. The predicted molar refractivity (Wildman–Crippen MR) is 158 cm³/mol. The van der Waals surface area contributed by atoms with Gasteiger partial charge in [0.15, 0.2) is 0 Å². The van der Waals surface area contributed by atoms with Crippen LogP contribution < -0.4 is 9.62 Å². The molecule has 1 saturated carbocycles. The Labute approximate surface area is 239 Å². The summed E-state index contributed by atoms with van der Waals surface area (Å²) in [6, 6.07) is 12.4. The second-order valence-corrected chi connectivity index (χ2v) is 12.9. The van der Waals surface area contributed by atoms with Crippen molar-refractivity contribution in [1.82, 2.24) is 10.2 Å². The van der Waals surface area contributed by atoms with Crippen LogP contribution in [0.5, 0.6) is 0 Å². The van der Waals surface area contributed by atoms with Crippen LogP contribution in [0.15, 0.2) is 42.5 Å². The van der Waals surface area contributed by atoms with Crippen LogP contribution in [0.1, 0.15) is 75.0 Å². The van der Waals surface area contributed by atoms with Gasteiger partial charge in [0.1, 0.15) is 6.04 Å². The van der Waals surface area contributed by atoms with Crippen LogP contribution >= 0.6 is 11.6 Å². The van der Waals surface area contributed by atoms with Crippen molar-refractivity contribution in [2.75, 3.05) is 17.1 Å². The van der Waals surface area contributed by atoms with Crippen molar-refractivity contribution in [2.24, 2.45) is 0 Å². The smallest absolute Gasteiger partial charge is 0.243 e. The van der Waals surface area contributed by atoms with Gasteiger partial charge in [-0.25, -0.2) is 8.42 Å². The molecule has 2 amide bonds. The largest absolute Gasteiger partial charge is 0.352 e. The third-order valence-corrected chi connectivity index (χ3v) is 9.03. The van der Waals surface area contributed by atoms with Crippen molar-refractivity contribution in [3.8, 4) is 0 Å². The Morgan fingerprint density at radius 2 is 1.72 bits per heavy atom. The van der Waals surface area contributed by atoms with E-state index in [1.165, 1.54) is 17.0 Å². The summed E-state index contributed by atoms with van der Waals surface area (Å²) in [5.41, 5.74) is 3.40. The van der Waals surface area contributed by atoms with Crippen LogP contribution in [0, 0.1) is 13.8 Å². The molecule has 0 saturated heterocycles. The number of hydrogen-bond acceptors (Lipinski definition) is 4. The van der Waals surface area contributed by atoms with E-state index >= 15 is 0 Å². The van der Waals surface area contributed by atoms with Crippen LogP contribution in [0.3, 0.4) is 0 Å². The molecule has 39 heavy (non-hydrogen) atoms. The molecule has 1 atom stereocenters. The summed E-state index contributed by atoms with van der Waals surface area (Å²) in [5.74, 6) is -0.301. The normalized spacial score (nSPS) is 15.0. The number of amides is 2. The molecule has 1 N–H and O–H groups in total. The fourth-order valence-electron chi connectivity index (χ4n) is 5.24. The highest BCUT2D eigenvalue weighted by Crippen LogP contribution is 2.26. The molecule has 3 rings (SSSR count). The molecule has 0 radical (unpaired) electrons. The maximum atomic E-state index is 13.7. The second kappa shape index (κ2) is 14.2. The lowest BCUT2D eigenvalue weighted by atomic mass is 9.95. The zero-order chi connectivity index (χ0) is 28.6. The van der Waals surface area contributed by atoms with Gasteiger partial charge in [-0.2, -0.15) is 0 Å². The Bertz CT molecular complexity index is 1230. The van der Waals surface area contributed by atoms with Gasteiger partial charge in [0, 0.05) is 30.6 Å². The molecule has 0 spiro atoms. The van der Waals surface area contributed by atoms with E-state index in [0.29, 0.717) is 23.6 Å². The zero-order valence-electron chi connectivity index (χ0n) is 23.6. The molecule has 0 bridgehead atoms. The van der Waals surface area contributed by atoms with Gasteiger partial charge in [-0.05, 0) is 74.4 Å². The van der Waals surface area contributed by atoms with Crippen LogP contribution in [0.2, 0.25) is 5.02 Å². The number of anilines is 1. The molecule has 1 aliphatic rings. The molecule has 0 aromatic heterocycles. The van der Waals surface area contributed by atoms with Crippen molar-refractivity contribution in [1.29, 1.82) is 0 Å². The van der Waals surface area contributed by atoms with Gasteiger partial charge in [-0.1, -0.05) is 62.1 Å². The fraction of sp³-hybridized carbons (Fsp3) is 0.533. The standard InChI is InChI=1S/C30H42ClN3O4S/c1-5-27(30(36)32-26-12-7-6-8-13-26)33(21-24-16-18-25(31)19-17-24)29(35)15-10-20-34(39(4,37)38)28-14-9-11-22(2)23(28)3/h9,11,14,16-19,26-27H,5-8,10,12-13,15,20-21H2,1-4H3,(H,32,36)/t27-/m0/s1. The van der Waals surface area contributed by atoms with Gasteiger partial charge in [-0.3, -0.25) is 13.9 Å². The summed E-state index contributed by atoms with van der Waals surface area (Å²) in [6.45, 7) is 6.21. The van der Waals surface area contributed by atoms with Gasteiger partial charge in [0.05, 0.1) is 11.9 Å². The van der Waals surface area contributed by atoms with Crippen molar-refractivity contribution in [3.63, 3.8) is 0 Å². The molecule has 1 aliphatic carbocycles. The van der Waals surface area contributed by atoms with Crippen molar-refractivity contribution >= 4 is 39.1 Å². The van der Waals surface area contributed by atoms with Crippen LogP contribution in [-0.4, -0.2) is 50.0 Å². The summed E-state index contributed by atoms with van der Waals surface area (Å²) in [4.78, 5) is 28.7. The number of aryl methyl sites for hydroxylation is 1. The van der Waals surface area contributed by atoms with E-state index in [9.17, 15) is 18.0 Å². The quantitative estimate of drug-likeness (QED) is 0.349. The number of benzene rings is 2. The Balaban J connectivity index is 1.77. The fourth-order valence-corrected chi connectivity index (χ4v) is 6.38. The Morgan fingerprint density at radius 3 is 2.33 bits per heavy atom. The summed E-state index contributed by atoms with van der Waals surface area (Å²) in [5, 5.41) is 3.79. The first-order valence-corrected chi connectivity index (χ1v) is 16.1. The molecule has 0 unspecified atom stereocenters. The van der Waals surface area contributed by atoms with Crippen molar-refractivity contribution in [3.05, 3.63) is 64.2 Å². The number of rotatable bonds is 12. The molecular formula is C30H42ClN3O4S. The first-order chi connectivity index (χ1) is 18.5. The molecule has 2 aromatic carbocycles. The first kappa shape index (κ1) is 31.0. The van der Waals surface area contributed by atoms with Crippen LogP contribution in [0.4, 0.5) is 5.69 Å². The first-order valence-electron chi connectivity index (χ1n) is 13.9. The van der Waals surface area contributed by atoms with E-state index in [1.807, 2.05) is 45.0 Å². The number of nitrogens with one attached hydrogen (secondary N) is 1. The van der Waals surface area contributed by atoms with Crippen LogP contribution in [0.25, 0.3) is 0 Å². The van der Waals surface area contributed by atoms with Gasteiger partial charge in [0.25, 0.3) is 0 Å². The van der Waals surface area contributed by atoms with Crippen LogP contribution in [-0.2, 0) is 26.2 Å². The predicted octanol–water partition coefficient (Wildman–Crippen LogP) is 5.76. The summed E-state index contributed by atoms with van der Waals surface area (Å²) >= 11 is 6.07. The van der Waals surface area contributed by atoms with Gasteiger partial charge < -0.3 is 10.2 Å². The minimum atomic E-state index is -3.55. The van der Waals surface area contributed by atoms with E-state index in [-0.39, 0.29) is 37.4 Å². The highest BCUT2D eigenvalue weighted by atomic mass is 35.5. The molecule has 0 aliphatic heterocycles. The summed E-state index contributed by atoms with van der Waals surface area (Å²) in [6.07, 6.45) is 7.45. The van der Waals surface area contributed by atoms with E-state index in [1.54, 1.807) is 23.1 Å². The maximum Gasteiger partial charge on any atom is 0.243 e. The van der Waals surface area contributed by atoms with Crippen molar-refractivity contribution in [2.45, 2.75) is 90.8 Å². The van der Waals surface area contributed by atoms with Gasteiger partial charge in [-0.15, -0.1) is 0 Å². The van der Waals surface area contributed by atoms with E-state index in [2.05, 4.69) is 5.32 Å². The minimum Gasteiger partial charge on any atom is -0.352 e. The molecule has 7 nitrogen and oxygen atoms in total. The molecule has 1 fully saturated rings. The number of nitrogens with zero attached hydrogens (tertiary/aromatic N) is 2. The number of sulfonamides is 1. The Kier molecular flexibility index (Phi) is 11.2. The lowest BCUT2D eigenvalue weighted by Gasteiger charge is -2.33. The molecule has 214 valence electrons. The molecule has 2 aromatic rings. The third kappa shape index (κ3) is 8.70. The molecule has 0 heterocycles. The molecule has 9 heteroatoms. The average molecular weight is 576 g/mol. The minimum absolute atomic E-state index is 0.123. The Morgan fingerprint density at radius 1 is 1.05 bits per heavy atom. The SMILES string of the molecule is CC[C@@H](C(=O)NC1CCCCC1)N(Cc1ccc(Cl)cc1)C(=O)CCCN(c1cccc(C)c1C)S(C)(=O)=O. The summed E-state index contributed by atoms with van der Waals surface area (Å²) < 4.78 is 26.7. The topological polar surface area (TPSA) is 86.8 Å². The van der Waals surface area contributed by atoms with Crippen molar-refractivity contribution < 1.29 is 18.0 Å². The lowest BCUT2D eigenvalue weighted by Crippen LogP contribution is -2.51. The third-order valence-electron chi connectivity index (χ3n) is 7.60.